The van der Waals surface area contributed by atoms with E-state index < -0.39 is 0 Å². The first-order chi connectivity index (χ1) is 8.56. The molecule has 0 radical (unpaired) electrons. The molecule has 0 bridgehead atoms. The molecule has 0 heterocycles. The van der Waals surface area contributed by atoms with Gasteiger partial charge >= 0.3 is 0 Å². The van der Waals surface area contributed by atoms with Gasteiger partial charge in [-0.15, -0.1) is 0 Å². The van der Waals surface area contributed by atoms with E-state index in [-0.39, 0.29) is 17.5 Å². The average Bonchev–Trinajstić information content (AvgIpc) is 2.35. The molecular weight excluding hydrogens is 224 g/mol. The van der Waals surface area contributed by atoms with Crippen LogP contribution in [0, 0.1) is 11.3 Å². The maximum Gasteiger partial charge on any atom is 0.262 e. The van der Waals surface area contributed by atoms with E-state index in [0.717, 1.165) is 12.0 Å². The van der Waals surface area contributed by atoms with Gasteiger partial charge in [0.15, 0.2) is 0 Å². The second-order valence-electron chi connectivity index (χ2n) is 4.39. The number of carbonyl (C=O) groups excluding carboxylic acids is 1. The van der Waals surface area contributed by atoms with Crippen LogP contribution in [0.4, 0.5) is 0 Å². The molecule has 0 saturated heterocycles. The van der Waals surface area contributed by atoms with Crippen molar-refractivity contribution in [2.24, 2.45) is 0 Å². The molecule has 0 fully saturated rings. The highest BCUT2D eigenvalue weighted by atomic mass is 16.1. The summed E-state index contributed by atoms with van der Waals surface area (Å²) in [6.45, 7) is 5.81. The molecule has 0 atom stereocenters. The van der Waals surface area contributed by atoms with Crippen LogP contribution in [0.3, 0.4) is 0 Å². The minimum atomic E-state index is -0.327. The summed E-state index contributed by atoms with van der Waals surface area (Å²) in [4.78, 5) is 11.7. The van der Waals surface area contributed by atoms with Crippen LogP contribution >= 0.6 is 0 Å². The third kappa shape index (κ3) is 4.06. The lowest BCUT2D eigenvalue weighted by molar-refractivity contribution is -0.117. The van der Waals surface area contributed by atoms with Gasteiger partial charge in [0.05, 0.1) is 0 Å². The van der Waals surface area contributed by atoms with E-state index in [1.54, 1.807) is 6.08 Å². The molecule has 3 nitrogen and oxygen atoms in total. The summed E-state index contributed by atoms with van der Waals surface area (Å²) in [5, 5.41) is 11.7. The zero-order chi connectivity index (χ0) is 13.5. The summed E-state index contributed by atoms with van der Waals surface area (Å²) < 4.78 is 0. The monoisotopic (exact) mass is 242 g/mol. The second kappa shape index (κ2) is 6.61. The molecular formula is C15H18N2O. The van der Waals surface area contributed by atoms with E-state index in [1.165, 1.54) is 5.56 Å². The number of benzene rings is 1. The van der Waals surface area contributed by atoms with Crippen LogP contribution in [0.5, 0.6) is 0 Å². The SMILES string of the molecule is CCc1ccc(/C=C(/C#N)C(=O)NC(C)C)cc1. The van der Waals surface area contributed by atoms with E-state index in [1.807, 2.05) is 44.2 Å². The van der Waals surface area contributed by atoms with Crippen LogP contribution in [0.2, 0.25) is 0 Å². The van der Waals surface area contributed by atoms with E-state index in [4.69, 9.17) is 5.26 Å². The molecule has 1 aromatic carbocycles. The lowest BCUT2D eigenvalue weighted by Crippen LogP contribution is -2.30. The fourth-order valence-corrected chi connectivity index (χ4v) is 1.50. The largest absolute Gasteiger partial charge is 0.349 e. The highest BCUT2D eigenvalue weighted by Gasteiger charge is 2.09. The Hall–Kier alpha value is -2.08. The van der Waals surface area contributed by atoms with Crippen molar-refractivity contribution in [3.8, 4) is 6.07 Å². The van der Waals surface area contributed by atoms with Crippen molar-refractivity contribution in [2.75, 3.05) is 0 Å². The van der Waals surface area contributed by atoms with Crippen molar-refractivity contribution in [2.45, 2.75) is 33.2 Å². The molecule has 1 aromatic rings. The van der Waals surface area contributed by atoms with Crippen molar-refractivity contribution in [1.82, 2.24) is 5.32 Å². The quantitative estimate of drug-likeness (QED) is 0.652. The third-order valence-electron chi connectivity index (χ3n) is 2.48. The van der Waals surface area contributed by atoms with Gasteiger partial charge < -0.3 is 5.32 Å². The van der Waals surface area contributed by atoms with Gasteiger partial charge in [-0.1, -0.05) is 31.2 Å². The highest BCUT2D eigenvalue weighted by Crippen LogP contribution is 2.09. The van der Waals surface area contributed by atoms with Crippen LogP contribution in [0.15, 0.2) is 29.8 Å². The minimum absolute atomic E-state index is 0.0247. The molecule has 0 aliphatic carbocycles. The predicted molar refractivity (Wildman–Crippen MR) is 72.7 cm³/mol. The molecule has 1 N–H and O–H groups in total. The molecule has 0 aromatic heterocycles. The molecule has 0 saturated carbocycles. The van der Waals surface area contributed by atoms with Crippen LogP contribution < -0.4 is 5.32 Å². The summed E-state index contributed by atoms with van der Waals surface area (Å²) in [5.74, 6) is -0.327. The van der Waals surface area contributed by atoms with Crippen molar-refractivity contribution in [3.05, 3.63) is 41.0 Å². The Bertz CT molecular complexity index is 478. The first-order valence-corrected chi connectivity index (χ1v) is 6.08. The smallest absolute Gasteiger partial charge is 0.262 e. The van der Waals surface area contributed by atoms with E-state index in [9.17, 15) is 4.79 Å². The first kappa shape index (κ1) is 14.0. The summed E-state index contributed by atoms with van der Waals surface area (Å²) in [7, 11) is 0. The van der Waals surface area contributed by atoms with Crippen molar-refractivity contribution < 1.29 is 4.79 Å². The van der Waals surface area contributed by atoms with Crippen LogP contribution in [0.25, 0.3) is 6.08 Å². The Kier molecular flexibility index (Phi) is 5.13. The van der Waals surface area contributed by atoms with E-state index >= 15 is 0 Å². The van der Waals surface area contributed by atoms with Crippen LogP contribution in [-0.4, -0.2) is 11.9 Å². The molecule has 94 valence electrons. The Morgan fingerprint density at radius 1 is 1.39 bits per heavy atom. The number of rotatable bonds is 4. The number of carbonyl (C=O) groups is 1. The van der Waals surface area contributed by atoms with E-state index in [0.29, 0.717) is 0 Å². The van der Waals surface area contributed by atoms with Crippen molar-refractivity contribution in [1.29, 1.82) is 5.26 Å². The zero-order valence-corrected chi connectivity index (χ0v) is 11.0. The van der Waals surface area contributed by atoms with Gasteiger partial charge in [-0.25, -0.2) is 0 Å². The predicted octanol–water partition coefficient (Wildman–Crippen LogP) is 2.68. The molecule has 1 amide bonds. The summed E-state index contributed by atoms with van der Waals surface area (Å²) in [6, 6.07) is 9.79. The number of nitriles is 1. The van der Waals surface area contributed by atoms with Crippen LogP contribution in [0.1, 0.15) is 31.9 Å². The fraction of sp³-hybridized carbons (Fsp3) is 0.333. The number of nitrogens with zero attached hydrogens (tertiary/aromatic N) is 1. The zero-order valence-electron chi connectivity index (χ0n) is 11.0. The molecule has 18 heavy (non-hydrogen) atoms. The Balaban J connectivity index is 2.90. The number of nitrogens with one attached hydrogen (secondary N) is 1. The lowest BCUT2D eigenvalue weighted by Gasteiger charge is -2.07. The lowest BCUT2D eigenvalue weighted by atomic mass is 10.1. The van der Waals surface area contributed by atoms with Crippen molar-refractivity contribution in [3.63, 3.8) is 0 Å². The highest BCUT2D eigenvalue weighted by molar-refractivity contribution is 6.01. The van der Waals surface area contributed by atoms with Gasteiger partial charge in [0, 0.05) is 6.04 Å². The number of aryl methyl sites for hydroxylation is 1. The summed E-state index contributed by atoms with van der Waals surface area (Å²) >= 11 is 0. The normalized spacial score (nSPS) is 11.2. The molecule has 0 spiro atoms. The second-order valence-corrected chi connectivity index (χ2v) is 4.39. The van der Waals surface area contributed by atoms with Crippen molar-refractivity contribution >= 4 is 12.0 Å². The van der Waals surface area contributed by atoms with Gasteiger partial charge in [-0.2, -0.15) is 5.26 Å². The Morgan fingerprint density at radius 2 is 2.00 bits per heavy atom. The number of amides is 1. The first-order valence-electron chi connectivity index (χ1n) is 6.08. The molecule has 3 heteroatoms. The standard InChI is InChI=1S/C15H18N2O/c1-4-12-5-7-13(8-6-12)9-14(10-16)15(18)17-11(2)3/h5-9,11H,4H2,1-3H3,(H,17,18)/b14-9-. The maximum atomic E-state index is 11.7. The minimum Gasteiger partial charge on any atom is -0.349 e. The maximum absolute atomic E-state index is 11.7. The van der Waals surface area contributed by atoms with E-state index in [2.05, 4.69) is 12.2 Å². The molecule has 1 rings (SSSR count). The number of hydrogen-bond acceptors (Lipinski definition) is 2. The van der Waals surface area contributed by atoms with Gasteiger partial charge in [-0.3, -0.25) is 4.79 Å². The molecule has 0 aliphatic heterocycles. The average molecular weight is 242 g/mol. The fourth-order valence-electron chi connectivity index (χ4n) is 1.50. The van der Waals surface area contributed by atoms with Gasteiger partial charge in [-0.05, 0) is 37.5 Å². The van der Waals surface area contributed by atoms with Crippen LogP contribution in [-0.2, 0) is 11.2 Å². The molecule has 0 aliphatic rings. The number of hydrogen-bond donors (Lipinski definition) is 1. The third-order valence-corrected chi connectivity index (χ3v) is 2.48. The Morgan fingerprint density at radius 3 is 2.44 bits per heavy atom. The van der Waals surface area contributed by atoms with Gasteiger partial charge in [0.25, 0.3) is 5.91 Å². The topological polar surface area (TPSA) is 52.9 Å². The summed E-state index contributed by atoms with van der Waals surface area (Å²) in [6.07, 6.45) is 2.58. The van der Waals surface area contributed by atoms with Gasteiger partial charge in [0.1, 0.15) is 11.6 Å². The Labute approximate surface area is 108 Å². The molecule has 0 unspecified atom stereocenters. The summed E-state index contributed by atoms with van der Waals surface area (Å²) in [5.41, 5.74) is 2.23. The van der Waals surface area contributed by atoms with Gasteiger partial charge in [0.2, 0.25) is 0 Å².